The maximum atomic E-state index is 12.1. The van der Waals surface area contributed by atoms with Gasteiger partial charge in [0.2, 0.25) is 5.91 Å². The molecule has 0 aliphatic carbocycles. The number of methoxy groups -OCH3 is 1. The Morgan fingerprint density at radius 1 is 1.35 bits per heavy atom. The molecule has 0 saturated heterocycles. The Morgan fingerprint density at radius 2 is 1.95 bits per heavy atom. The van der Waals surface area contributed by atoms with Crippen LogP contribution < -0.4 is 4.90 Å². The fourth-order valence-electron chi connectivity index (χ4n) is 1.74. The fourth-order valence-corrected chi connectivity index (χ4v) is 2.42. The molecule has 0 spiro atoms. The van der Waals surface area contributed by atoms with Crippen LogP contribution in [0.5, 0.6) is 0 Å². The second-order valence-corrected chi connectivity index (χ2v) is 5.18. The molecule has 0 N–H and O–H groups in total. The third-order valence-corrected chi connectivity index (χ3v) is 3.82. The van der Waals surface area contributed by atoms with Gasteiger partial charge < -0.3 is 4.74 Å². The first kappa shape index (κ1) is 17.1. The number of amides is 1. The number of hydrogen-bond acceptors (Lipinski definition) is 3. The molecule has 0 aliphatic heterocycles. The van der Waals surface area contributed by atoms with E-state index in [1.54, 1.807) is 19.1 Å². The van der Waals surface area contributed by atoms with Crippen LogP contribution in [0.3, 0.4) is 0 Å². The van der Waals surface area contributed by atoms with Gasteiger partial charge in [-0.15, -0.1) is 11.6 Å². The number of nitrogens with zero attached hydrogens (tertiary/aromatic N) is 1. The molecule has 7 heteroatoms. The van der Waals surface area contributed by atoms with Gasteiger partial charge >= 0.3 is 5.97 Å². The highest BCUT2D eigenvalue weighted by Crippen LogP contribution is 2.37. The molecule has 0 heterocycles. The van der Waals surface area contributed by atoms with Crippen molar-refractivity contribution in [2.24, 2.45) is 0 Å². The minimum absolute atomic E-state index is 0.259. The monoisotopic (exact) mass is 337 g/mol. The molecule has 1 aromatic carbocycles. The molecule has 1 unspecified atom stereocenters. The highest BCUT2D eigenvalue weighted by molar-refractivity contribution is 6.41. The van der Waals surface area contributed by atoms with Crippen LogP contribution in [0.15, 0.2) is 12.1 Å². The SMILES string of the molecule is COC(=O)C(C)N(C(=O)CCl)c1c(Cl)ccc(C)c1Cl. The Bertz CT molecular complexity index is 534. The second-order valence-electron chi connectivity index (χ2n) is 4.12. The zero-order chi connectivity index (χ0) is 15.4. The van der Waals surface area contributed by atoms with Crippen molar-refractivity contribution in [2.75, 3.05) is 17.9 Å². The summed E-state index contributed by atoms with van der Waals surface area (Å²) < 4.78 is 4.66. The van der Waals surface area contributed by atoms with Crippen molar-refractivity contribution in [3.8, 4) is 0 Å². The van der Waals surface area contributed by atoms with E-state index >= 15 is 0 Å². The van der Waals surface area contributed by atoms with E-state index in [1.807, 2.05) is 0 Å². The lowest BCUT2D eigenvalue weighted by molar-refractivity contribution is -0.142. The zero-order valence-corrected chi connectivity index (χ0v) is 13.5. The van der Waals surface area contributed by atoms with E-state index < -0.39 is 17.9 Å². The van der Waals surface area contributed by atoms with Crippen molar-refractivity contribution >= 4 is 52.4 Å². The number of halogens is 3. The topological polar surface area (TPSA) is 46.6 Å². The fraction of sp³-hybridized carbons (Fsp3) is 0.385. The van der Waals surface area contributed by atoms with Crippen LogP contribution >= 0.6 is 34.8 Å². The predicted molar refractivity (Wildman–Crippen MR) is 80.9 cm³/mol. The molecule has 4 nitrogen and oxygen atoms in total. The van der Waals surface area contributed by atoms with Gasteiger partial charge in [0.05, 0.1) is 22.8 Å². The lowest BCUT2D eigenvalue weighted by atomic mass is 10.1. The van der Waals surface area contributed by atoms with Crippen LogP contribution in [0.2, 0.25) is 10.0 Å². The number of anilines is 1. The molecule has 1 amide bonds. The highest BCUT2D eigenvalue weighted by atomic mass is 35.5. The number of alkyl halides is 1. The average Bonchev–Trinajstić information content (AvgIpc) is 2.45. The second kappa shape index (κ2) is 7.16. The summed E-state index contributed by atoms with van der Waals surface area (Å²) in [5.74, 6) is -1.38. The molecule has 20 heavy (non-hydrogen) atoms. The Balaban J connectivity index is 3.43. The predicted octanol–water partition coefficient (Wildman–Crippen LogP) is 3.44. The van der Waals surface area contributed by atoms with Gasteiger partial charge in [0.25, 0.3) is 0 Å². The van der Waals surface area contributed by atoms with Crippen LogP contribution in [0.4, 0.5) is 5.69 Å². The molecular formula is C13H14Cl3NO3. The smallest absolute Gasteiger partial charge is 0.328 e. The standard InChI is InChI=1S/C13H14Cl3NO3/c1-7-4-5-9(15)12(11(7)16)17(10(18)6-14)8(2)13(19)20-3/h4-5,8H,6H2,1-3H3. The number of hydrogen-bond donors (Lipinski definition) is 0. The molecular weight excluding hydrogens is 325 g/mol. The van der Waals surface area contributed by atoms with Crippen molar-refractivity contribution in [1.29, 1.82) is 0 Å². The van der Waals surface area contributed by atoms with Crippen molar-refractivity contribution in [3.63, 3.8) is 0 Å². The lowest BCUT2D eigenvalue weighted by Gasteiger charge is -2.29. The first-order valence-electron chi connectivity index (χ1n) is 5.75. The summed E-state index contributed by atoms with van der Waals surface area (Å²) in [5.41, 5.74) is 0.993. The number of carbonyl (C=O) groups is 2. The molecule has 0 radical (unpaired) electrons. The number of esters is 1. The summed E-state index contributed by atoms with van der Waals surface area (Å²) in [6.07, 6.45) is 0. The Hall–Kier alpha value is -0.970. The number of ether oxygens (including phenoxy) is 1. The van der Waals surface area contributed by atoms with Gasteiger partial charge in [-0.1, -0.05) is 29.3 Å². The molecule has 1 atom stereocenters. The first-order chi connectivity index (χ1) is 9.34. The van der Waals surface area contributed by atoms with Crippen LogP contribution in [0, 0.1) is 6.92 Å². The van der Waals surface area contributed by atoms with E-state index in [4.69, 9.17) is 34.8 Å². The summed E-state index contributed by atoms with van der Waals surface area (Å²) in [4.78, 5) is 24.9. The quantitative estimate of drug-likeness (QED) is 0.624. The summed E-state index contributed by atoms with van der Waals surface area (Å²) >= 11 is 17.9. The Labute approximate surface area is 132 Å². The Morgan fingerprint density at radius 3 is 2.45 bits per heavy atom. The molecule has 0 bridgehead atoms. The summed E-state index contributed by atoms with van der Waals surface area (Å²) in [7, 11) is 1.24. The number of aryl methyl sites for hydroxylation is 1. The van der Waals surface area contributed by atoms with E-state index in [1.165, 1.54) is 14.0 Å². The molecule has 0 fully saturated rings. The van der Waals surface area contributed by atoms with Gasteiger partial charge in [0.15, 0.2) is 0 Å². The average molecular weight is 339 g/mol. The van der Waals surface area contributed by atoms with E-state index in [2.05, 4.69) is 4.74 Å². The third-order valence-electron chi connectivity index (χ3n) is 2.81. The third kappa shape index (κ3) is 3.37. The van der Waals surface area contributed by atoms with Crippen molar-refractivity contribution in [3.05, 3.63) is 27.7 Å². The number of benzene rings is 1. The van der Waals surface area contributed by atoms with Crippen molar-refractivity contribution in [1.82, 2.24) is 0 Å². The molecule has 0 aromatic heterocycles. The van der Waals surface area contributed by atoms with Crippen LogP contribution in [0.1, 0.15) is 12.5 Å². The van der Waals surface area contributed by atoms with Crippen molar-refractivity contribution < 1.29 is 14.3 Å². The highest BCUT2D eigenvalue weighted by Gasteiger charge is 2.31. The van der Waals surface area contributed by atoms with E-state index in [9.17, 15) is 9.59 Å². The van der Waals surface area contributed by atoms with Crippen LogP contribution in [-0.4, -0.2) is 30.9 Å². The van der Waals surface area contributed by atoms with Gasteiger partial charge in [0.1, 0.15) is 11.9 Å². The van der Waals surface area contributed by atoms with E-state index in [0.29, 0.717) is 5.02 Å². The van der Waals surface area contributed by atoms with E-state index in [0.717, 1.165) is 10.5 Å². The number of carbonyl (C=O) groups excluding carboxylic acids is 2. The molecule has 0 saturated carbocycles. The van der Waals surface area contributed by atoms with E-state index in [-0.39, 0.29) is 16.6 Å². The van der Waals surface area contributed by atoms with Gasteiger partial charge in [-0.2, -0.15) is 0 Å². The van der Waals surface area contributed by atoms with Crippen LogP contribution in [0.25, 0.3) is 0 Å². The molecule has 1 aromatic rings. The minimum Gasteiger partial charge on any atom is -0.467 e. The first-order valence-corrected chi connectivity index (χ1v) is 7.04. The van der Waals surface area contributed by atoms with Gasteiger partial charge in [0, 0.05) is 0 Å². The molecule has 0 aliphatic rings. The summed E-state index contributed by atoms with van der Waals surface area (Å²) in [6.45, 7) is 3.29. The van der Waals surface area contributed by atoms with Crippen LogP contribution in [-0.2, 0) is 14.3 Å². The van der Waals surface area contributed by atoms with Gasteiger partial charge in [-0.05, 0) is 25.5 Å². The Kier molecular flexibility index (Phi) is 6.11. The number of rotatable bonds is 4. The summed E-state index contributed by atoms with van der Waals surface area (Å²) in [5, 5.41) is 0.557. The normalized spacial score (nSPS) is 11.9. The largest absolute Gasteiger partial charge is 0.467 e. The maximum Gasteiger partial charge on any atom is 0.328 e. The summed E-state index contributed by atoms with van der Waals surface area (Å²) in [6, 6.07) is 2.44. The van der Waals surface area contributed by atoms with Gasteiger partial charge in [-0.25, -0.2) is 4.79 Å². The molecule has 110 valence electrons. The minimum atomic E-state index is -0.886. The zero-order valence-electron chi connectivity index (χ0n) is 11.2. The maximum absolute atomic E-state index is 12.1. The lowest BCUT2D eigenvalue weighted by Crippen LogP contribution is -2.45. The molecule has 1 rings (SSSR count). The van der Waals surface area contributed by atoms with Crippen molar-refractivity contribution in [2.45, 2.75) is 19.9 Å². The van der Waals surface area contributed by atoms with Gasteiger partial charge in [-0.3, -0.25) is 9.69 Å².